The Morgan fingerprint density at radius 3 is 2.32 bits per heavy atom. The standard InChI is InChI=1S/C28H32N2O4/c1-21(29-19-17-27(31)32)11-7-5-4-6-8-12-22(2)30(20-18-28(33)34)26-16-15-24-13-9-10-14-25(24)23(26)3/h4-16H,17-20H2,1-3H3,(H,31,32)(H,33,34)/b5-4+,8-6+,11-7+,22-12+,29-21?. The number of aryl methyl sites for hydroxylation is 1. The zero-order valence-corrected chi connectivity index (χ0v) is 19.9. The van der Waals surface area contributed by atoms with Crippen LogP contribution < -0.4 is 4.90 Å². The quantitative estimate of drug-likeness (QED) is 0.302. The van der Waals surface area contributed by atoms with Gasteiger partial charge in [0.25, 0.3) is 0 Å². The number of allylic oxidation sites excluding steroid dienone is 8. The normalized spacial score (nSPS) is 12.9. The van der Waals surface area contributed by atoms with Gasteiger partial charge < -0.3 is 15.1 Å². The summed E-state index contributed by atoms with van der Waals surface area (Å²) in [5.74, 6) is -1.69. The Bertz CT molecular complexity index is 1160. The van der Waals surface area contributed by atoms with Gasteiger partial charge in [-0.2, -0.15) is 0 Å². The van der Waals surface area contributed by atoms with E-state index >= 15 is 0 Å². The van der Waals surface area contributed by atoms with Crippen molar-refractivity contribution < 1.29 is 19.8 Å². The number of carboxylic acid groups (broad SMARTS) is 2. The van der Waals surface area contributed by atoms with E-state index in [0.29, 0.717) is 6.54 Å². The molecular formula is C28H32N2O4. The average Bonchev–Trinajstić information content (AvgIpc) is 2.79. The number of fused-ring (bicyclic) bond motifs is 1. The topological polar surface area (TPSA) is 90.2 Å². The molecule has 0 fully saturated rings. The molecule has 2 N–H and O–H groups in total. The number of hydrogen-bond donors (Lipinski definition) is 2. The van der Waals surface area contributed by atoms with Crippen molar-refractivity contribution >= 4 is 34.1 Å². The third kappa shape index (κ3) is 8.54. The summed E-state index contributed by atoms with van der Waals surface area (Å²) in [4.78, 5) is 28.0. The molecule has 178 valence electrons. The lowest BCUT2D eigenvalue weighted by Gasteiger charge is -2.27. The minimum absolute atomic E-state index is 0.0255. The molecule has 34 heavy (non-hydrogen) atoms. The second-order valence-corrected chi connectivity index (χ2v) is 7.83. The maximum Gasteiger partial charge on any atom is 0.305 e. The van der Waals surface area contributed by atoms with E-state index in [9.17, 15) is 14.7 Å². The highest BCUT2D eigenvalue weighted by Gasteiger charge is 2.14. The number of carboxylic acids is 2. The van der Waals surface area contributed by atoms with Crippen molar-refractivity contribution in [2.75, 3.05) is 18.0 Å². The van der Waals surface area contributed by atoms with Crippen LogP contribution in [0.15, 0.2) is 89.6 Å². The van der Waals surface area contributed by atoms with Crippen LogP contribution >= 0.6 is 0 Å². The number of benzene rings is 2. The van der Waals surface area contributed by atoms with Crippen LogP contribution in [-0.4, -0.2) is 41.0 Å². The third-order valence-corrected chi connectivity index (χ3v) is 5.24. The van der Waals surface area contributed by atoms with Crippen molar-refractivity contribution in [3.05, 3.63) is 90.2 Å². The summed E-state index contributed by atoms with van der Waals surface area (Å²) in [6.45, 7) is 6.52. The summed E-state index contributed by atoms with van der Waals surface area (Å²) >= 11 is 0. The molecule has 0 unspecified atom stereocenters. The molecule has 2 aromatic carbocycles. The second kappa shape index (κ2) is 13.6. The van der Waals surface area contributed by atoms with Gasteiger partial charge in [0.05, 0.1) is 12.8 Å². The number of carbonyl (C=O) groups is 2. The fraction of sp³-hybridized carbons (Fsp3) is 0.250. The predicted octanol–water partition coefficient (Wildman–Crippen LogP) is 5.94. The molecule has 6 nitrogen and oxygen atoms in total. The number of aliphatic imine (C=N–C) groups is 1. The summed E-state index contributed by atoms with van der Waals surface area (Å²) in [6, 6.07) is 12.3. The van der Waals surface area contributed by atoms with Crippen molar-refractivity contribution in [3.8, 4) is 0 Å². The van der Waals surface area contributed by atoms with Gasteiger partial charge in [0.2, 0.25) is 0 Å². The van der Waals surface area contributed by atoms with Crippen LogP contribution in [0, 0.1) is 6.92 Å². The van der Waals surface area contributed by atoms with Gasteiger partial charge in [-0.15, -0.1) is 0 Å². The van der Waals surface area contributed by atoms with E-state index in [1.54, 1.807) is 0 Å². The minimum atomic E-state index is -0.855. The first-order valence-electron chi connectivity index (χ1n) is 11.2. The Morgan fingerprint density at radius 2 is 1.59 bits per heavy atom. The van der Waals surface area contributed by atoms with E-state index in [-0.39, 0.29) is 19.4 Å². The van der Waals surface area contributed by atoms with Crippen LogP contribution in [0.1, 0.15) is 32.3 Å². The number of aliphatic carboxylic acids is 2. The van der Waals surface area contributed by atoms with E-state index in [4.69, 9.17) is 5.11 Å². The maximum atomic E-state index is 11.2. The largest absolute Gasteiger partial charge is 0.481 e. The van der Waals surface area contributed by atoms with E-state index in [1.165, 1.54) is 0 Å². The monoisotopic (exact) mass is 460 g/mol. The molecule has 0 heterocycles. The molecule has 0 saturated heterocycles. The zero-order chi connectivity index (χ0) is 24.9. The van der Waals surface area contributed by atoms with Gasteiger partial charge in [0, 0.05) is 30.2 Å². The van der Waals surface area contributed by atoms with E-state index in [0.717, 1.165) is 33.4 Å². The van der Waals surface area contributed by atoms with Crippen molar-refractivity contribution in [1.29, 1.82) is 0 Å². The molecule has 0 amide bonds. The Morgan fingerprint density at radius 1 is 0.912 bits per heavy atom. The maximum absolute atomic E-state index is 11.2. The Hall–Kier alpha value is -3.93. The summed E-state index contributed by atoms with van der Waals surface area (Å²) < 4.78 is 0. The Kier molecular flexibility index (Phi) is 10.5. The molecular weight excluding hydrogens is 428 g/mol. The van der Waals surface area contributed by atoms with Crippen LogP contribution in [0.25, 0.3) is 10.8 Å². The van der Waals surface area contributed by atoms with E-state index in [1.807, 2.05) is 79.5 Å². The third-order valence-electron chi connectivity index (χ3n) is 5.24. The van der Waals surface area contributed by atoms with Gasteiger partial charge in [-0.3, -0.25) is 14.6 Å². The Labute approximate surface area is 200 Å². The Balaban J connectivity index is 2.11. The predicted molar refractivity (Wildman–Crippen MR) is 140 cm³/mol. The smallest absolute Gasteiger partial charge is 0.305 e. The highest BCUT2D eigenvalue weighted by molar-refractivity contribution is 5.93. The van der Waals surface area contributed by atoms with E-state index < -0.39 is 11.9 Å². The summed E-state index contributed by atoms with van der Waals surface area (Å²) in [7, 11) is 0. The van der Waals surface area contributed by atoms with Crippen molar-refractivity contribution in [2.45, 2.75) is 33.6 Å². The lowest BCUT2D eigenvalue weighted by atomic mass is 10.0. The number of anilines is 1. The number of hydrogen-bond acceptors (Lipinski definition) is 4. The number of rotatable bonds is 12. The minimum Gasteiger partial charge on any atom is -0.481 e. The molecule has 0 spiro atoms. The molecule has 0 bridgehead atoms. The highest BCUT2D eigenvalue weighted by atomic mass is 16.4. The zero-order valence-electron chi connectivity index (χ0n) is 19.9. The first-order valence-corrected chi connectivity index (χ1v) is 11.2. The van der Waals surface area contributed by atoms with Crippen LogP contribution in [0.4, 0.5) is 5.69 Å². The first kappa shape index (κ1) is 26.3. The van der Waals surface area contributed by atoms with Crippen LogP contribution in [0.3, 0.4) is 0 Å². The summed E-state index contributed by atoms with van der Waals surface area (Å²) in [5, 5.41) is 20.2. The van der Waals surface area contributed by atoms with Crippen molar-refractivity contribution in [2.24, 2.45) is 4.99 Å². The second-order valence-electron chi connectivity index (χ2n) is 7.83. The van der Waals surface area contributed by atoms with Crippen LogP contribution in [0.2, 0.25) is 0 Å². The van der Waals surface area contributed by atoms with Gasteiger partial charge in [0.1, 0.15) is 0 Å². The average molecular weight is 461 g/mol. The van der Waals surface area contributed by atoms with Crippen LogP contribution in [0.5, 0.6) is 0 Å². The fourth-order valence-electron chi connectivity index (χ4n) is 3.45. The highest BCUT2D eigenvalue weighted by Crippen LogP contribution is 2.30. The molecule has 0 aromatic heterocycles. The number of nitrogens with zero attached hydrogens (tertiary/aromatic N) is 2. The molecule has 0 aliphatic heterocycles. The lowest BCUT2D eigenvalue weighted by Crippen LogP contribution is -2.25. The molecule has 0 atom stereocenters. The molecule has 2 rings (SSSR count). The molecule has 0 aliphatic carbocycles. The fourth-order valence-corrected chi connectivity index (χ4v) is 3.45. The molecule has 2 aromatic rings. The molecule has 0 aliphatic rings. The van der Waals surface area contributed by atoms with Crippen molar-refractivity contribution in [1.82, 2.24) is 0 Å². The summed E-state index contributed by atoms with van der Waals surface area (Å²) in [6.07, 6.45) is 13.3. The van der Waals surface area contributed by atoms with Gasteiger partial charge in [-0.05, 0) is 55.3 Å². The molecule has 0 saturated carbocycles. The lowest BCUT2D eigenvalue weighted by molar-refractivity contribution is -0.137. The van der Waals surface area contributed by atoms with Crippen LogP contribution in [-0.2, 0) is 9.59 Å². The van der Waals surface area contributed by atoms with Gasteiger partial charge in [-0.1, -0.05) is 60.7 Å². The van der Waals surface area contributed by atoms with Crippen molar-refractivity contribution in [3.63, 3.8) is 0 Å². The van der Waals surface area contributed by atoms with Gasteiger partial charge in [-0.25, -0.2) is 0 Å². The molecule has 0 radical (unpaired) electrons. The summed E-state index contributed by atoms with van der Waals surface area (Å²) in [5.41, 5.74) is 3.83. The first-order chi connectivity index (χ1) is 16.3. The molecule has 6 heteroatoms. The van der Waals surface area contributed by atoms with E-state index in [2.05, 4.69) is 30.1 Å². The van der Waals surface area contributed by atoms with Gasteiger partial charge >= 0.3 is 11.9 Å². The van der Waals surface area contributed by atoms with Gasteiger partial charge in [0.15, 0.2) is 0 Å². The SMILES string of the molecule is CC(/C=C/C=C/C=C/C=C(\C)N(CCC(=O)O)c1ccc2ccccc2c1C)=NCCC(=O)O.